The van der Waals surface area contributed by atoms with Crippen LogP contribution in [0.25, 0.3) is 10.9 Å². The summed E-state index contributed by atoms with van der Waals surface area (Å²) in [6.45, 7) is 3.22. The van der Waals surface area contributed by atoms with Crippen LogP contribution in [0.15, 0.2) is 30.3 Å². The van der Waals surface area contributed by atoms with E-state index in [1.54, 1.807) is 6.07 Å². The van der Waals surface area contributed by atoms with Gasteiger partial charge in [0.15, 0.2) is 5.69 Å². The van der Waals surface area contributed by atoms with Crippen molar-refractivity contribution in [3.8, 4) is 0 Å². The van der Waals surface area contributed by atoms with Crippen LogP contribution < -0.4 is 21.3 Å². The van der Waals surface area contributed by atoms with Gasteiger partial charge in [0.05, 0.1) is 11.1 Å². The van der Waals surface area contributed by atoms with Crippen molar-refractivity contribution in [3.63, 3.8) is 0 Å². The highest BCUT2D eigenvalue weighted by Crippen LogP contribution is 2.37. The number of fused-ring (bicyclic) bond motifs is 3. The van der Waals surface area contributed by atoms with Gasteiger partial charge in [-0.2, -0.15) is 13.2 Å². The van der Waals surface area contributed by atoms with E-state index in [-0.39, 0.29) is 42.6 Å². The van der Waals surface area contributed by atoms with Crippen LogP contribution in [0.3, 0.4) is 0 Å². The molecule has 2 aliphatic rings. The van der Waals surface area contributed by atoms with Gasteiger partial charge in [-0.25, -0.2) is 4.98 Å². The van der Waals surface area contributed by atoms with Crippen LogP contribution in [0.5, 0.6) is 0 Å². The molecule has 0 bridgehead atoms. The van der Waals surface area contributed by atoms with E-state index in [0.29, 0.717) is 57.3 Å². The topological polar surface area (TPSA) is 102 Å². The van der Waals surface area contributed by atoms with Crippen molar-refractivity contribution in [2.24, 2.45) is 5.73 Å². The van der Waals surface area contributed by atoms with Crippen molar-refractivity contribution in [2.45, 2.75) is 24.7 Å². The van der Waals surface area contributed by atoms with Gasteiger partial charge < -0.3 is 26.3 Å². The number of nitrogens with zero attached hydrogens (tertiary/aromatic N) is 3. The zero-order valence-electron chi connectivity index (χ0n) is 21.2. The van der Waals surface area contributed by atoms with Gasteiger partial charge in [-0.1, -0.05) is 23.2 Å². The molecule has 2 aliphatic heterocycles. The number of nitrogens with one attached hydrogen (secondary N) is 3. The van der Waals surface area contributed by atoms with Crippen molar-refractivity contribution in [3.05, 3.63) is 57.3 Å². The Morgan fingerprint density at radius 2 is 1.95 bits per heavy atom. The third-order valence-corrected chi connectivity index (χ3v) is 7.61. The molecule has 2 aromatic heterocycles. The molecule has 0 aliphatic carbocycles. The number of aromatic nitrogens is 2. The molecule has 0 saturated carbocycles. The molecular formula is C25H30Cl4F3N7O. The first-order valence-electron chi connectivity index (χ1n) is 12.4. The maximum atomic E-state index is 13.5. The van der Waals surface area contributed by atoms with Crippen molar-refractivity contribution >= 4 is 70.6 Å². The van der Waals surface area contributed by atoms with E-state index in [1.807, 2.05) is 17.0 Å². The van der Waals surface area contributed by atoms with Gasteiger partial charge >= 0.3 is 6.18 Å². The molecule has 2 atom stereocenters. The van der Waals surface area contributed by atoms with Gasteiger partial charge in [-0.05, 0) is 42.3 Å². The third-order valence-electron chi connectivity index (χ3n) is 7.07. The van der Waals surface area contributed by atoms with E-state index in [1.165, 1.54) is 12.1 Å². The molecule has 15 heteroatoms. The normalized spacial score (nSPS) is 19.5. The third kappa shape index (κ3) is 6.56. The Morgan fingerprint density at radius 1 is 1.18 bits per heavy atom. The molecule has 4 heterocycles. The molecule has 0 radical (unpaired) electrons. The van der Waals surface area contributed by atoms with Gasteiger partial charge in [-0.3, -0.25) is 9.69 Å². The summed E-state index contributed by atoms with van der Waals surface area (Å²) in [5.74, 6) is 0.0173. The van der Waals surface area contributed by atoms with Gasteiger partial charge in [0.25, 0.3) is 0 Å². The number of amides is 1. The van der Waals surface area contributed by atoms with E-state index in [9.17, 15) is 18.0 Å². The number of aromatic amines is 1. The molecule has 0 spiro atoms. The molecule has 1 saturated heterocycles. The number of rotatable bonds is 6. The average molecular weight is 643 g/mol. The smallest absolute Gasteiger partial charge is 0.356 e. The summed E-state index contributed by atoms with van der Waals surface area (Å²) >= 11 is 12.1. The van der Waals surface area contributed by atoms with Crippen LogP contribution in [0, 0.1) is 0 Å². The van der Waals surface area contributed by atoms with Crippen LogP contribution in [0.2, 0.25) is 10.0 Å². The number of pyridine rings is 1. The number of anilines is 1. The maximum absolute atomic E-state index is 13.5. The van der Waals surface area contributed by atoms with Crippen LogP contribution in [-0.4, -0.2) is 72.6 Å². The minimum Gasteiger partial charge on any atom is -0.356 e. The standard InChI is InChI=1S/C25H28Cl2F3N7O.2ClH/c26-14-1-3-19-17(11-14)16-5-9-36(22(21(16)34-19)24(38)33-7-6-31)13-15-12-32-8-10-37(15)20-4-2-18(27)23(35-20)25(28,29)30;;/h1-4,11,15,22,32,34H,5-10,12-13,31H2,(H,33,38);2*1H. The summed E-state index contributed by atoms with van der Waals surface area (Å²) in [5.41, 5.74) is 7.26. The number of alkyl halides is 3. The molecule has 40 heavy (non-hydrogen) atoms. The highest BCUT2D eigenvalue weighted by Gasteiger charge is 2.39. The predicted molar refractivity (Wildman–Crippen MR) is 156 cm³/mol. The second-order valence-electron chi connectivity index (χ2n) is 9.48. The zero-order chi connectivity index (χ0) is 27.0. The Morgan fingerprint density at radius 3 is 2.67 bits per heavy atom. The molecule has 8 nitrogen and oxygen atoms in total. The zero-order valence-corrected chi connectivity index (χ0v) is 24.4. The largest absolute Gasteiger partial charge is 0.434 e. The van der Waals surface area contributed by atoms with E-state index >= 15 is 0 Å². The fraction of sp³-hybridized carbons (Fsp3) is 0.440. The number of halogens is 7. The number of carbonyl (C=O) groups is 1. The van der Waals surface area contributed by atoms with E-state index in [4.69, 9.17) is 28.9 Å². The van der Waals surface area contributed by atoms with Gasteiger partial charge in [0.1, 0.15) is 11.9 Å². The van der Waals surface area contributed by atoms with Gasteiger partial charge in [0, 0.05) is 67.4 Å². The van der Waals surface area contributed by atoms with Crippen LogP contribution >= 0.6 is 48.0 Å². The highest BCUT2D eigenvalue weighted by molar-refractivity contribution is 6.31. The molecule has 5 N–H and O–H groups in total. The van der Waals surface area contributed by atoms with E-state index in [2.05, 4.69) is 25.5 Å². The van der Waals surface area contributed by atoms with Gasteiger partial charge in [0.2, 0.25) is 5.91 Å². The first-order valence-corrected chi connectivity index (χ1v) is 13.2. The minimum atomic E-state index is -4.66. The van der Waals surface area contributed by atoms with E-state index < -0.39 is 22.9 Å². The Labute approximate surface area is 251 Å². The minimum absolute atomic E-state index is 0. The molecule has 2 unspecified atom stereocenters. The molecule has 1 aromatic carbocycles. The number of H-pyrrole nitrogens is 1. The number of benzene rings is 1. The van der Waals surface area contributed by atoms with Crippen LogP contribution in [0.4, 0.5) is 19.0 Å². The monoisotopic (exact) mass is 641 g/mol. The lowest BCUT2D eigenvalue weighted by Gasteiger charge is -2.43. The fourth-order valence-corrected chi connectivity index (χ4v) is 5.77. The summed E-state index contributed by atoms with van der Waals surface area (Å²) < 4.78 is 40.5. The second-order valence-corrected chi connectivity index (χ2v) is 10.3. The molecule has 3 aromatic rings. The SMILES string of the molecule is Cl.Cl.NCCNC(=O)C1c2[nH]c3ccc(Cl)cc3c2CCN1CC1CNCCN1c1ccc(Cl)c(C(F)(F)F)n1. The molecule has 5 rings (SSSR count). The average Bonchev–Trinajstić information content (AvgIpc) is 3.25. The molecule has 1 fully saturated rings. The summed E-state index contributed by atoms with van der Waals surface area (Å²) in [6.07, 6.45) is -3.97. The van der Waals surface area contributed by atoms with Crippen molar-refractivity contribution in [1.82, 2.24) is 25.5 Å². The van der Waals surface area contributed by atoms with Crippen molar-refractivity contribution < 1.29 is 18.0 Å². The Bertz CT molecular complexity index is 1340. The predicted octanol–water partition coefficient (Wildman–Crippen LogP) is 4.18. The lowest BCUT2D eigenvalue weighted by atomic mass is 9.95. The number of nitrogens with two attached hydrogens (primary N) is 1. The van der Waals surface area contributed by atoms with E-state index in [0.717, 1.165) is 22.2 Å². The van der Waals surface area contributed by atoms with Crippen molar-refractivity contribution in [2.75, 3.05) is 50.7 Å². The number of carbonyl (C=O) groups excluding carboxylic acids is 1. The second kappa shape index (κ2) is 13.3. The van der Waals surface area contributed by atoms with Gasteiger partial charge in [-0.15, -0.1) is 24.8 Å². The first-order chi connectivity index (χ1) is 18.2. The lowest BCUT2D eigenvalue weighted by Crippen LogP contribution is -2.58. The Kier molecular flexibility index (Phi) is 10.8. The highest BCUT2D eigenvalue weighted by atomic mass is 35.5. The summed E-state index contributed by atoms with van der Waals surface area (Å²) in [6, 6.07) is 7.48. The molecule has 1 amide bonds. The van der Waals surface area contributed by atoms with Crippen molar-refractivity contribution in [1.29, 1.82) is 0 Å². The number of hydrogen-bond donors (Lipinski definition) is 4. The summed E-state index contributed by atoms with van der Waals surface area (Å²) in [5, 5.41) is 7.39. The number of piperazine rings is 1. The number of hydrogen-bond acceptors (Lipinski definition) is 6. The molecule has 220 valence electrons. The summed E-state index contributed by atoms with van der Waals surface area (Å²) in [7, 11) is 0. The summed E-state index contributed by atoms with van der Waals surface area (Å²) in [4.78, 5) is 24.7. The Hall–Kier alpha value is -1.99. The maximum Gasteiger partial charge on any atom is 0.434 e. The molecular weight excluding hydrogens is 613 g/mol. The lowest BCUT2D eigenvalue weighted by molar-refractivity contribution is -0.141. The van der Waals surface area contributed by atoms with Crippen LogP contribution in [0.1, 0.15) is 23.0 Å². The quantitative estimate of drug-likeness (QED) is 0.322. The Balaban J connectivity index is 0.00000220. The first kappa shape index (κ1) is 32.5. The van der Waals surface area contributed by atoms with Crippen LogP contribution in [-0.2, 0) is 17.4 Å². The fourth-order valence-electron chi connectivity index (χ4n) is 5.38.